The molecule has 0 atom stereocenters. The average Bonchev–Trinajstić information content (AvgIpc) is 1.95. The highest BCUT2D eigenvalue weighted by Crippen LogP contribution is 2.29. The molecule has 14 heavy (non-hydrogen) atoms. The summed E-state index contributed by atoms with van der Waals surface area (Å²) in [5.41, 5.74) is 0. The molecule has 0 aliphatic carbocycles. The lowest BCUT2D eigenvalue weighted by Gasteiger charge is -2.10. The molecule has 0 N–H and O–H groups in total. The Kier molecular flexibility index (Phi) is 3.12. The number of ether oxygens (including phenoxy) is 1. The second kappa shape index (κ2) is 3.83. The maximum Gasteiger partial charge on any atom is 0.573 e. The molecule has 0 spiro atoms. The molecule has 0 aliphatic heterocycles. The van der Waals surface area contributed by atoms with Gasteiger partial charge in [-0.15, -0.1) is 13.2 Å². The Bertz CT molecular complexity index is 330. The van der Waals surface area contributed by atoms with Crippen LogP contribution in [-0.4, -0.2) is 11.3 Å². The quantitative estimate of drug-likeness (QED) is 0.450. The fraction of sp³-hybridized carbons (Fsp3) is 0.167. The molecule has 2 nitrogen and oxygen atoms in total. The first kappa shape index (κ1) is 11.4. The van der Waals surface area contributed by atoms with Crippen molar-refractivity contribution >= 4 is 22.6 Å². The number of nitrogens with zero attached hydrogens (tertiary/aromatic N) is 1. The van der Waals surface area contributed by atoms with Crippen molar-refractivity contribution in [1.82, 2.24) is 4.98 Å². The highest BCUT2D eigenvalue weighted by Gasteiger charge is 2.34. The summed E-state index contributed by atoms with van der Waals surface area (Å²) in [4.78, 5) is 2.56. The number of alkyl halides is 3. The van der Waals surface area contributed by atoms with Crippen molar-refractivity contribution in [2.45, 2.75) is 6.36 Å². The normalized spacial score (nSPS) is 11.6. The molecule has 0 saturated carbocycles. The van der Waals surface area contributed by atoms with Crippen LogP contribution in [0.3, 0.4) is 0 Å². The molecule has 0 unspecified atom stereocenters. The smallest absolute Gasteiger partial charge is 0.400 e. The van der Waals surface area contributed by atoms with Crippen molar-refractivity contribution in [1.29, 1.82) is 0 Å². The van der Waals surface area contributed by atoms with Gasteiger partial charge in [0.2, 0.25) is 5.95 Å². The Balaban J connectivity index is 3.09. The summed E-state index contributed by atoms with van der Waals surface area (Å²) in [7, 11) is 0. The van der Waals surface area contributed by atoms with Crippen LogP contribution < -0.4 is 4.74 Å². The highest BCUT2D eigenvalue weighted by atomic mass is 127. The summed E-state index contributed by atoms with van der Waals surface area (Å²) in [6, 6.07) is 0.630. The van der Waals surface area contributed by atoms with Gasteiger partial charge in [-0.1, -0.05) is 0 Å². The van der Waals surface area contributed by atoms with Crippen molar-refractivity contribution in [3.63, 3.8) is 0 Å². The van der Waals surface area contributed by atoms with Crippen LogP contribution in [0.1, 0.15) is 0 Å². The van der Waals surface area contributed by atoms with E-state index in [0.717, 1.165) is 0 Å². The molecule has 0 fully saturated rings. The van der Waals surface area contributed by atoms with Gasteiger partial charge in [0.1, 0.15) is 0 Å². The summed E-state index contributed by atoms with van der Waals surface area (Å²) in [5.74, 6) is -3.97. The molecule has 1 aromatic heterocycles. The molecule has 1 rings (SSSR count). The van der Waals surface area contributed by atoms with E-state index in [4.69, 9.17) is 0 Å². The Morgan fingerprint density at radius 1 is 1.29 bits per heavy atom. The molecule has 8 heteroatoms. The van der Waals surface area contributed by atoms with E-state index in [2.05, 4.69) is 9.72 Å². The maximum atomic E-state index is 12.7. The van der Waals surface area contributed by atoms with E-state index in [1.807, 2.05) is 0 Å². The molecule has 0 saturated heterocycles. The number of rotatable bonds is 1. The van der Waals surface area contributed by atoms with Crippen LogP contribution in [0.15, 0.2) is 6.07 Å². The van der Waals surface area contributed by atoms with E-state index in [1.54, 1.807) is 0 Å². The molecule has 1 aromatic rings. The first-order valence-corrected chi connectivity index (χ1v) is 4.15. The van der Waals surface area contributed by atoms with Crippen molar-refractivity contribution in [2.75, 3.05) is 0 Å². The lowest BCUT2D eigenvalue weighted by atomic mass is 10.4. The van der Waals surface area contributed by atoms with Gasteiger partial charge in [0.15, 0.2) is 5.75 Å². The van der Waals surface area contributed by atoms with Crippen LogP contribution in [0.2, 0.25) is 0 Å². The summed E-state index contributed by atoms with van der Waals surface area (Å²) in [6.45, 7) is 0. The minimum atomic E-state index is -5.03. The van der Waals surface area contributed by atoms with Gasteiger partial charge in [-0.3, -0.25) is 0 Å². The number of pyridine rings is 1. The molecule has 0 aromatic carbocycles. The summed E-state index contributed by atoms with van der Waals surface area (Å²) < 4.78 is 63.0. The Morgan fingerprint density at radius 3 is 2.29 bits per heavy atom. The predicted octanol–water partition coefficient (Wildman–Crippen LogP) is 2.86. The molecule has 0 aliphatic rings. The van der Waals surface area contributed by atoms with Crippen LogP contribution in [-0.2, 0) is 0 Å². The molecule has 0 radical (unpaired) electrons. The van der Waals surface area contributed by atoms with E-state index in [9.17, 15) is 22.0 Å². The van der Waals surface area contributed by atoms with E-state index < -0.39 is 24.0 Å². The number of halogens is 6. The second-order valence-electron chi connectivity index (χ2n) is 2.09. The highest BCUT2D eigenvalue weighted by molar-refractivity contribution is 14.1. The fourth-order valence-corrected chi connectivity index (χ4v) is 1.24. The maximum absolute atomic E-state index is 12.7. The predicted molar refractivity (Wildman–Crippen MR) is 43.6 cm³/mol. The first-order valence-electron chi connectivity index (χ1n) is 3.07. The third-order valence-electron chi connectivity index (χ3n) is 1.07. The van der Waals surface area contributed by atoms with E-state index >= 15 is 0 Å². The van der Waals surface area contributed by atoms with Gasteiger partial charge in [-0.2, -0.15) is 13.8 Å². The standard InChI is InChI=1S/C6HF5INO/c7-3-1-2(12)4(5(8)13-3)14-6(9,10)11/h1H. The van der Waals surface area contributed by atoms with Gasteiger partial charge in [0.25, 0.3) is 5.95 Å². The molecular weight excluding hydrogens is 324 g/mol. The zero-order chi connectivity index (χ0) is 10.9. The van der Waals surface area contributed by atoms with Crippen molar-refractivity contribution in [3.05, 3.63) is 21.5 Å². The molecule has 78 valence electrons. The van der Waals surface area contributed by atoms with Gasteiger partial charge >= 0.3 is 6.36 Å². The molecule has 0 bridgehead atoms. The Morgan fingerprint density at radius 2 is 1.86 bits per heavy atom. The van der Waals surface area contributed by atoms with Crippen LogP contribution in [0.5, 0.6) is 5.75 Å². The van der Waals surface area contributed by atoms with Crippen molar-refractivity contribution in [3.8, 4) is 5.75 Å². The minimum Gasteiger partial charge on any atom is -0.400 e. The molecule has 1 heterocycles. The summed E-state index contributed by atoms with van der Waals surface area (Å²) in [5, 5.41) is 0. The number of hydrogen-bond donors (Lipinski definition) is 0. The van der Waals surface area contributed by atoms with Gasteiger partial charge < -0.3 is 4.74 Å². The zero-order valence-electron chi connectivity index (χ0n) is 6.20. The van der Waals surface area contributed by atoms with Gasteiger partial charge in [-0.05, 0) is 22.6 Å². The molecule has 0 amide bonds. The topological polar surface area (TPSA) is 22.1 Å². The van der Waals surface area contributed by atoms with Crippen LogP contribution >= 0.6 is 22.6 Å². The second-order valence-corrected chi connectivity index (χ2v) is 3.26. The first-order chi connectivity index (χ1) is 6.29. The van der Waals surface area contributed by atoms with Gasteiger partial charge in [0, 0.05) is 6.07 Å². The van der Waals surface area contributed by atoms with E-state index in [-0.39, 0.29) is 3.57 Å². The summed E-state index contributed by atoms with van der Waals surface area (Å²) in [6.07, 6.45) is -5.03. The Hall–Kier alpha value is -0.670. The van der Waals surface area contributed by atoms with Gasteiger partial charge in [-0.25, -0.2) is 0 Å². The number of hydrogen-bond acceptors (Lipinski definition) is 2. The third kappa shape index (κ3) is 2.93. The monoisotopic (exact) mass is 325 g/mol. The summed E-state index contributed by atoms with van der Waals surface area (Å²) >= 11 is 1.31. The largest absolute Gasteiger partial charge is 0.573 e. The SMILES string of the molecule is Fc1cc(I)c(OC(F)(F)F)c(F)n1. The molecular formula is C6HF5INO. The van der Waals surface area contributed by atoms with E-state index in [0.29, 0.717) is 6.07 Å². The van der Waals surface area contributed by atoms with Gasteiger partial charge in [0.05, 0.1) is 3.57 Å². The lowest BCUT2D eigenvalue weighted by molar-refractivity contribution is -0.276. The van der Waals surface area contributed by atoms with E-state index in [1.165, 1.54) is 22.6 Å². The van der Waals surface area contributed by atoms with Crippen molar-refractivity contribution in [2.24, 2.45) is 0 Å². The average molecular weight is 325 g/mol. The lowest BCUT2D eigenvalue weighted by Crippen LogP contribution is -2.19. The van der Waals surface area contributed by atoms with Crippen LogP contribution in [0, 0.1) is 15.5 Å². The zero-order valence-corrected chi connectivity index (χ0v) is 8.36. The Labute approximate surface area is 88.2 Å². The van der Waals surface area contributed by atoms with Crippen molar-refractivity contribution < 1.29 is 26.7 Å². The third-order valence-corrected chi connectivity index (χ3v) is 1.87. The minimum absolute atomic E-state index is 0.343. The van der Waals surface area contributed by atoms with Crippen LogP contribution in [0.4, 0.5) is 22.0 Å². The van der Waals surface area contributed by atoms with Crippen LogP contribution in [0.25, 0.3) is 0 Å². The number of aromatic nitrogens is 1. The fourth-order valence-electron chi connectivity index (χ4n) is 0.652.